The first kappa shape index (κ1) is 13.7. The smallest absolute Gasteiger partial charge is 0.338 e. The Hall–Kier alpha value is -1.40. The van der Waals surface area contributed by atoms with Gasteiger partial charge in [0.05, 0.1) is 12.8 Å². The van der Waals surface area contributed by atoms with Crippen molar-refractivity contribution in [1.29, 1.82) is 0 Å². The van der Waals surface area contributed by atoms with E-state index in [1.165, 1.54) is 6.20 Å². The quantitative estimate of drug-likeness (QED) is 0.731. The molecule has 0 aliphatic heterocycles. The summed E-state index contributed by atoms with van der Waals surface area (Å²) in [5.41, 5.74) is 0.388. The van der Waals surface area contributed by atoms with Gasteiger partial charge in [0, 0.05) is 17.8 Å². The summed E-state index contributed by atoms with van der Waals surface area (Å²) in [7, 11) is 0. The summed E-state index contributed by atoms with van der Waals surface area (Å²) in [5, 5.41) is 23.4. The lowest BCUT2D eigenvalue weighted by Gasteiger charge is -2.14. The number of hydrogen-bond donors (Lipinski definition) is 2. The van der Waals surface area contributed by atoms with E-state index in [9.17, 15) is 15.0 Å². The number of esters is 1. The maximum Gasteiger partial charge on any atom is 0.338 e. The Kier molecular flexibility index (Phi) is 4.65. The van der Waals surface area contributed by atoms with Crippen molar-refractivity contribution in [2.75, 3.05) is 6.61 Å². The second-order valence-electron chi connectivity index (χ2n) is 3.99. The number of hydrogen-bond acceptors (Lipinski definition) is 5. The zero-order chi connectivity index (χ0) is 13.0. The summed E-state index contributed by atoms with van der Waals surface area (Å²) in [6.07, 6.45) is 0.117. The summed E-state index contributed by atoms with van der Waals surface area (Å²) >= 11 is 0. The molecule has 0 saturated carbocycles. The van der Waals surface area contributed by atoms with Crippen LogP contribution in [0.3, 0.4) is 0 Å². The predicted octanol–water partition coefficient (Wildman–Crippen LogP) is 0.421. The van der Waals surface area contributed by atoms with Crippen molar-refractivity contribution >= 4 is 5.97 Å². The fraction of sp³-hybridized carbons (Fsp3) is 0.636. The van der Waals surface area contributed by atoms with Gasteiger partial charge in [-0.25, -0.2) is 4.79 Å². The van der Waals surface area contributed by atoms with Gasteiger partial charge in [0.15, 0.2) is 6.10 Å². The van der Waals surface area contributed by atoms with Crippen LogP contribution in [0.2, 0.25) is 0 Å². The Bertz CT molecular complexity index is 375. The normalized spacial score (nSPS) is 14.7. The highest BCUT2D eigenvalue weighted by Gasteiger charge is 2.28. The van der Waals surface area contributed by atoms with E-state index < -0.39 is 18.2 Å². The molecule has 1 aromatic heterocycles. The molecule has 0 aliphatic carbocycles. The average Bonchev–Trinajstić information content (AvgIpc) is 2.76. The Morgan fingerprint density at radius 1 is 1.53 bits per heavy atom. The molecule has 0 aliphatic rings. The highest BCUT2D eigenvalue weighted by atomic mass is 16.5. The molecule has 2 unspecified atom stereocenters. The first-order chi connectivity index (χ1) is 7.97. The molecule has 6 nitrogen and oxygen atoms in total. The van der Waals surface area contributed by atoms with E-state index in [0.717, 1.165) is 0 Å². The molecule has 2 atom stereocenters. The average molecular weight is 242 g/mol. The Balaban J connectivity index is 2.74. The molecule has 0 spiro atoms. The molecule has 1 heterocycles. The monoisotopic (exact) mass is 242 g/mol. The minimum absolute atomic E-state index is 0.149. The summed E-state index contributed by atoms with van der Waals surface area (Å²) in [6, 6.07) is 0.149. The Morgan fingerprint density at radius 3 is 2.65 bits per heavy atom. The molecule has 0 amide bonds. The lowest BCUT2D eigenvalue weighted by atomic mass is 10.1. The second-order valence-corrected chi connectivity index (χ2v) is 3.99. The van der Waals surface area contributed by atoms with Crippen molar-refractivity contribution in [3.05, 3.63) is 18.0 Å². The van der Waals surface area contributed by atoms with Crippen molar-refractivity contribution < 1.29 is 19.7 Å². The molecular formula is C11H18N2O4. The molecule has 96 valence electrons. The number of carbonyl (C=O) groups is 1. The lowest BCUT2D eigenvalue weighted by Crippen LogP contribution is -2.29. The van der Waals surface area contributed by atoms with Gasteiger partial charge in [-0.2, -0.15) is 5.10 Å². The number of ether oxygens (including phenoxy) is 1. The number of aromatic nitrogens is 2. The predicted molar refractivity (Wildman–Crippen MR) is 60.2 cm³/mol. The molecular weight excluding hydrogens is 224 g/mol. The summed E-state index contributed by atoms with van der Waals surface area (Å²) < 4.78 is 6.26. The first-order valence-electron chi connectivity index (χ1n) is 5.54. The number of aliphatic hydroxyl groups excluding tert-OH is 2. The van der Waals surface area contributed by atoms with Crippen LogP contribution >= 0.6 is 0 Å². The molecule has 2 N–H and O–H groups in total. The molecule has 0 radical (unpaired) electrons. The van der Waals surface area contributed by atoms with Crippen LogP contribution in [0.1, 0.15) is 38.5 Å². The van der Waals surface area contributed by atoms with Gasteiger partial charge in [-0.15, -0.1) is 0 Å². The lowest BCUT2D eigenvalue weighted by molar-refractivity contribution is -0.159. The first-order valence-corrected chi connectivity index (χ1v) is 5.54. The molecule has 1 rings (SSSR count). The van der Waals surface area contributed by atoms with Gasteiger partial charge in [-0.05, 0) is 20.8 Å². The van der Waals surface area contributed by atoms with Crippen LogP contribution in [0, 0.1) is 0 Å². The number of rotatable bonds is 5. The van der Waals surface area contributed by atoms with Crippen LogP contribution in [0.4, 0.5) is 0 Å². The zero-order valence-corrected chi connectivity index (χ0v) is 10.2. The number of carbonyl (C=O) groups excluding carboxylic acids is 1. The minimum atomic E-state index is -1.58. The molecule has 0 saturated heterocycles. The van der Waals surface area contributed by atoms with Crippen LogP contribution < -0.4 is 0 Å². The van der Waals surface area contributed by atoms with Crippen molar-refractivity contribution in [3.8, 4) is 0 Å². The van der Waals surface area contributed by atoms with E-state index in [2.05, 4.69) is 9.84 Å². The second kappa shape index (κ2) is 5.79. The van der Waals surface area contributed by atoms with Crippen molar-refractivity contribution in [2.24, 2.45) is 0 Å². The molecule has 0 aromatic carbocycles. The third-order valence-corrected chi connectivity index (χ3v) is 2.32. The minimum Gasteiger partial charge on any atom is -0.464 e. The van der Waals surface area contributed by atoms with Crippen molar-refractivity contribution in [3.63, 3.8) is 0 Å². The van der Waals surface area contributed by atoms with E-state index >= 15 is 0 Å². The van der Waals surface area contributed by atoms with E-state index in [-0.39, 0.29) is 12.6 Å². The van der Waals surface area contributed by atoms with Crippen LogP contribution in [0.5, 0.6) is 0 Å². The van der Waals surface area contributed by atoms with Gasteiger partial charge in [0.1, 0.15) is 6.10 Å². The summed E-state index contributed by atoms with van der Waals surface area (Å²) in [5.74, 6) is -0.836. The fourth-order valence-electron chi connectivity index (χ4n) is 1.33. The van der Waals surface area contributed by atoms with E-state index in [1.54, 1.807) is 17.8 Å². The number of nitrogens with zero attached hydrogens (tertiary/aromatic N) is 2. The van der Waals surface area contributed by atoms with Crippen LogP contribution in [0.15, 0.2) is 12.4 Å². The summed E-state index contributed by atoms with van der Waals surface area (Å²) in [6.45, 7) is 5.66. The highest BCUT2D eigenvalue weighted by molar-refractivity contribution is 5.75. The maximum atomic E-state index is 11.2. The fourth-order valence-corrected chi connectivity index (χ4v) is 1.33. The van der Waals surface area contributed by atoms with E-state index in [0.29, 0.717) is 5.56 Å². The Labute approximate surface area is 99.8 Å². The number of aliphatic hydroxyl groups is 2. The van der Waals surface area contributed by atoms with Gasteiger partial charge in [0.2, 0.25) is 0 Å². The summed E-state index contributed by atoms with van der Waals surface area (Å²) in [4.78, 5) is 11.2. The van der Waals surface area contributed by atoms with Gasteiger partial charge < -0.3 is 14.9 Å². The molecule has 0 fully saturated rings. The standard InChI is InChI=1S/C11H18N2O4/c1-4-17-11(16)10(15)9(14)8-5-12-13(6-8)7(2)3/h5-7,9-10,14-15H,4H2,1-3H3. The molecule has 1 aromatic rings. The van der Waals surface area contributed by atoms with Crippen LogP contribution in [-0.2, 0) is 9.53 Å². The third-order valence-electron chi connectivity index (χ3n) is 2.32. The molecule has 6 heteroatoms. The highest BCUT2D eigenvalue weighted by Crippen LogP contribution is 2.18. The van der Waals surface area contributed by atoms with E-state index in [4.69, 9.17) is 0 Å². The van der Waals surface area contributed by atoms with Gasteiger partial charge in [-0.3, -0.25) is 4.68 Å². The van der Waals surface area contributed by atoms with Gasteiger partial charge in [-0.1, -0.05) is 0 Å². The topological polar surface area (TPSA) is 84.6 Å². The Morgan fingerprint density at radius 2 is 2.18 bits per heavy atom. The van der Waals surface area contributed by atoms with Gasteiger partial charge >= 0.3 is 5.97 Å². The van der Waals surface area contributed by atoms with E-state index in [1.807, 2.05) is 13.8 Å². The van der Waals surface area contributed by atoms with Crippen LogP contribution in [0.25, 0.3) is 0 Å². The zero-order valence-electron chi connectivity index (χ0n) is 10.2. The van der Waals surface area contributed by atoms with Crippen molar-refractivity contribution in [1.82, 2.24) is 9.78 Å². The van der Waals surface area contributed by atoms with Crippen molar-refractivity contribution in [2.45, 2.75) is 39.0 Å². The molecule has 0 bridgehead atoms. The largest absolute Gasteiger partial charge is 0.464 e. The SMILES string of the molecule is CCOC(=O)C(O)C(O)c1cnn(C(C)C)c1. The van der Waals surface area contributed by atoms with Crippen LogP contribution in [-0.4, -0.2) is 38.7 Å². The van der Waals surface area contributed by atoms with Gasteiger partial charge in [0.25, 0.3) is 0 Å². The third kappa shape index (κ3) is 3.28. The molecule has 17 heavy (non-hydrogen) atoms. The maximum absolute atomic E-state index is 11.2.